The number of fused-ring (bicyclic) bond motifs is 1. The maximum absolute atomic E-state index is 13.2. The Bertz CT molecular complexity index is 1310. The second kappa shape index (κ2) is 9.09. The molecule has 2 aromatic heterocycles. The first-order chi connectivity index (χ1) is 17.4. The molecule has 10 nitrogen and oxygen atoms in total. The fraction of sp³-hybridized carbons (Fsp3) is 0.462. The lowest BCUT2D eigenvalue weighted by Gasteiger charge is -2.29. The Morgan fingerprint density at radius 1 is 1.03 bits per heavy atom. The first-order valence-electron chi connectivity index (χ1n) is 12.7. The Labute approximate surface area is 208 Å². The van der Waals surface area contributed by atoms with E-state index >= 15 is 0 Å². The quantitative estimate of drug-likeness (QED) is 0.500. The first kappa shape index (κ1) is 22.8. The van der Waals surface area contributed by atoms with Crippen LogP contribution < -0.4 is 10.2 Å². The van der Waals surface area contributed by atoms with E-state index in [4.69, 9.17) is 5.10 Å². The number of piperidine rings is 1. The van der Waals surface area contributed by atoms with E-state index in [1.807, 2.05) is 34.0 Å². The van der Waals surface area contributed by atoms with Gasteiger partial charge in [0.25, 0.3) is 5.91 Å². The van der Waals surface area contributed by atoms with Gasteiger partial charge in [0.1, 0.15) is 11.5 Å². The molecule has 2 saturated heterocycles. The number of rotatable bonds is 5. The van der Waals surface area contributed by atoms with E-state index in [2.05, 4.69) is 16.4 Å². The topological polar surface area (TPSA) is 124 Å². The maximum atomic E-state index is 13.2. The molecule has 1 aliphatic carbocycles. The number of carbonyl (C=O) groups is 2. The monoisotopic (exact) mass is 490 g/mol. The highest BCUT2D eigenvalue weighted by Gasteiger charge is 2.29. The summed E-state index contributed by atoms with van der Waals surface area (Å²) in [7, 11) is 0. The number of aliphatic hydroxyl groups excluding tert-OH is 1. The molecule has 188 valence electrons. The summed E-state index contributed by atoms with van der Waals surface area (Å²) in [5, 5.41) is 27.9. The van der Waals surface area contributed by atoms with Crippen LogP contribution in [0.25, 0.3) is 10.9 Å². The summed E-state index contributed by atoms with van der Waals surface area (Å²) in [6, 6.07) is 9.64. The third-order valence-corrected chi connectivity index (χ3v) is 7.52. The van der Waals surface area contributed by atoms with Gasteiger partial charge in [0.15, 0.2) is 0 Å². The van der Waals surface area contributed by atoms with Crippen molar-refractivity contribution >= 4 is 34.4 Å². The highest BCUT2D eigenvalue weighted by atomic mass is 16.4. The third kappa shape index (κ3) is 4.48. The molecular weight excluding hydrogens is 460 g/mol. The third-order valence-electron chi connectivity index (χ3n) is 7.52. The number of benzene rings is 1. The van der Waals surface area contributed by atoms with Crippen molar-refractivity contribution in [3.63, 3.8) is 0 Å². The van der Waals surface area contributed by atoms with Crippen molar-refractivity contribution in [3.05, 3.63) is 47.8 Å². The summed E-state index contributed by atoms with van der Waals surface area (Å²) in [6.07, 6.45) is 5.12. The van der Waals surface area contributed by atoms with E-state index in [-0.39, 0.29) is 18.1 Å². The van der Waals surface area contributed by atoms with E-state index < -0.39 is 6.09 Å². The van der Waals surface area contributed by atoms with Crippen molar-refractivity contribution < 1.29 is 19.8 Å². The van der Waals surface area contributed by atoms with Crippen LogP contribution in [0.5, 0.6) is 0 Å². The molecule has 2 aliphatic heterocycles. The highest BCUT2D eigenvalue weighted by Crippen LogP contribution is 2.45. The zero-order valence-electron chi connectivity index (χ0n) is 20.0. The second-order valence-corrected chi connectivity index (χ2v) is 10.1. The average Bonchev–Trinajstić information content (AvgIpc) is 3.50. The number of aromatic nitrogens is 3. The van der Waals surface area contributed by atoms with Crippen molar-refractivity contribution in [2.24, 2.45) is 0 Å². The molecule has 0 radical (unpaired) electrons. The number of pyridine rings is 1. The van der Waals surface area contributed by atoms with E-state index in [0.29, 0.717) is 43.5 Å². The van der Waals surface area contributed by atoms with Gasteiger partial charge in [0, 0.05) is 43.4 Å². The Balaban J connectivity index is 1.23. The summed E-state index contributed by atoms with van der Waals surface area (Å²) < 4.78 is 1.96. The first-order valence-corrected chi connectivity index (χ1v) is 12.7. The number of nitrogens with zero attached hydrogens (tertiary/aromatic N) is 5. The van der Waals surface area contributed by atoms with Crippen LogP contribution in [0.15, 0.2) is 36.5 Å². The largest absolute Gasteiger partial charge is 0.465 e. The van der Waals surface area contributed by atoms with E-state index in [1.54, 1.807) is 6.07 Å². The average molecular weight is 491 g/mol. The van der Waals surface area contributed by atoms with Crippen LogP contribution in [0.2, 0.25) is 0 Å². The minimum Gasteiger partial charge on any atom is -0.465 e. The molecule has 1 saturated carbocycles. The number of aliphatic hydroxyl groups is 1. The summed E-state index contributed by atoms with van der Waals surface area (Å²) in [6.45, 7) is 2.27. The SMILES string of the molecule is O=C(Nc1cc2cn(C3CCN(C(=O)O)CC3)nc2cc1C1CC1)c1cccc(N2CCC(O)C2)n1. The number of β-amino-alcohol motifs (C(OH)–C–C–N with tert-alkyl or cyclic N) is 1. The predicted molar refractivity (Wildman–Crippen MR) is 135 cm³/mol. The van der Waals surface area contributed by atoms with Crippen LogP contribution in [0, 0.1) is 0 Å². The molecule has 1 atom stereocenters. The minimum atomic E-state index is -0.869. The van der Waals surface area contributed by atoms with Crippen molar-refractivity contribution in [1.82, 2.24) is 19.7 Å². The zero-order chi connectivity index (χ0) is 24.8. The van der Waals surface area contributed by atoms with Gasteiger partial charge >= 0.3 is 6.09 Å². The molecule has 3 N–H and O–H groups in total. The van der Waals surface area contributed by atoms with Gasteiger partial charge in [-0.2, -0.15) is 5.10 Å². The summed E-state index contributed by atoms with van der Waals surface area (Å²) in [4.78, 5) is 32.4. The maximum Gasteiger partial charge on any atom is 0.407 e. The molecule has 10 heteroatoms. The van der Waals surface area contributed by atoms with Gasteiger partial charge in [0.05, 0.1) is 17.7 Å². The van der Waals surface area contributed by atoms with Crippen LogP contribution in [-0.4, -0.2) is 74.2 Å². The number of hydrogen-bond acceptors (Lipinski definition) is 6. The van der Waals surface area contributed by atoms with Gasteiger partial charge < -0.3 is 25.3 Å². The lowest BCUT2D eigenvalue weighted by atomic mass is 10.1. The van der Waals surface area contributed by atoms with Crippen LogP contribution in [-0.2, 0) is 0 Å². The van der Waals surface area contributed by atoms with Gasteiger partial charge in [-0.05, 0) is 67.9 Å². The molecule has 3 aromatic rings. The molecule has 2 amide bonds. The van der Waals surface area contributed by atoms with Crippen LogP contribution in [0.4, 0.5) is 16.3 Å². The normalized spacial score (nSPS) is 20.8. The van der Waals surface area contributed by atoms with Crippen LogP contribution in [0.3, 0.4) is 0 Å². The molecule has 6 rings (SSSR count). The standard InChI is InChI=1S/C26H30N6O4/c33-19-8-11-31(15-19)24-3-1-2-21(27-24)25(34)28-23-12-17-14-32(18-6-9-30(10-7-18)26(35)36)29-22(17)13-20(23)16-4-5-16/h1-3,12-14,16,18-19,33H,4-11,15H2,(H,28,34)(H,35,36). The molecule has 4 heterocycles. The van der Waals surface area contributed by atoms with Gasteiger partial charge in [-0.25, -0.2) is 9.78 Å². The van der Waals surface area contributed by atoms with Gasteiger partial charge in [-0.3, -0.25) is 9.48 Å². The van der Waals surface area contributed by atoms with Crippen LogP contribution >= 0.6 is 0 Å². The lowest BCUT2D eigenvalue weighted by molar-refractivity contribution is 0.102. The Kier molecular flexibility index (Phi) is 5.75. The van der Waals surface area contributed by atoms with Crippen molar-refractivity contribution in [3.8, 4) is 0 Å². The molecule has 0 spiro atoms. The smallest absolute Gasteiger partial charge is 0.407 e. The molecule has 3 fully saturated rings. The van der Waals surface area contributed by atoms with E-state index in [0.717, 1.165) is 54.4 Å². The number of hydrogen-bond donors (Lipinski definition) is 3. The zero-order valence-corrected chi connectivity index (χ0v) is 20.0. The lowest BCUT2D eigenvalue weighted by Crippen LogP contribution is -2.38. The molecule has 1 unspecified atom stereocenters. The van der Waals surface area contributed by atoms with Crippen LogP contribution in [0.1, 0.15) is 60.1 Å². The van der Waals surface area contributed by atoms with Crippen molar-refractivity contribution in [2.45, 2.75) is 50.2 Å². The Morgan fingerprint density at radius 2 is 1.83 bits per heavy atom. The summed E-state index contributed by atoms with van der Waals surface area (Å²) in [5.74, 6) is 0.859. The van der Waals surface area contributed by atoms with Gasteiger partial charge in [-0.1, -0.05) is 6.07 Å². The fourth-order valence-corrected chi connectivity index (χ4v) is 5.32. The highest BCUT2D eigenvalue weighted by molar-refractivity contribution is 6.04. The molecule has 36 heavy (non-hydrogen) atoms. The number of carbonyl (C=O) groups excluding carboxylic acids is 1. The second-order valence-electron chi connectivity index (χ2n) is 10.1. The summed E-state index contributed by atoms with van der Waals surface area (Å²) in [5.41, 5.74) is 3.12. The molecule has 0 bridgehead atoms. The number of nitrogens with one attached hydrogen (secondary N) is 1. The predicted octanol–water partition coefficient (Wildman–Crippen LogP) is 3.45. The number of anilines is 2. The summed E-state index contributed by atoms with van der Waals surface area (Å²) >= 11 is 0. The fourth-order valence-electron chi connectivity index (χ4n) is 5.32. The van der Waals surface area contributed by atoms with Gasteiger partial charge in [0.2, 0.25) is 0 Å². The Morgan fingerprint density at radius 3 is 2.53 bits per heavy atom. The number of amides is 2. The van der Waals surface area contributed by atoms with Crippen molar-refractivity contribution in [2.75, 3.05) is 36.4 Å². The minimum absolute atomic E-state index is 0.159. The molecular formula is C26H30N6O4. The van der Waals surface area contributed by atoms with E-state index in [9.17, 15) is 19.8 Å². The van der Waals surface area contributed by atoms with Crippen molar-refractivity contribution in [1.29, 1.82) is 0 Å². The molecule has 3 aliphatic rings. The van der Waals surface area contributed by atoms with Gasteiger partial charge in [-0.15, -0.1) is 0 Å². The Hall–Kier alpha value is -3.66. The van der Waals surface area contributed by atoms with E-state index in [1.165, 1.54) is 4.90 Å². The number of carboxylic acid groups (broad SMARTS) is 1. The molecule has 1 aromatic carbocycles. The number of likely N-dealkylation sites (tertiary alicyclic amines) is 1.